The van der Waals surface area contributed by atoms with Crippen LogP contribution in [0.3, 0.4) is 0 Å². The van der Waals surface area contributed by atoms with E-state index in [0.717, 1.165) is 29.6 Å². The molecule has 3 N–H and O–H groups in total. The quantitative estimate of drug-likeness (QED) is 0.633. The molecule has 24 heavy (non-hydrogen) atoms. The van der Waals surface area contributed by atoms with Gasteiger partial charge in [0.25, 0.3) is 0 Å². The Labute approximate surface area is 150 Å². The van der Waals surface area contributed by atoms with Gasteiger partial charge in [-0.3, -0.25) is 0 Å². The van der Waals surface area contributed by atoms with E-state index in [0.29, 0.717) is 6.04 Å². The first-order valence-electron chi connectivity index (χ1n) is 8.75. The molecule has 0 unspecified atom stereocenters. The van der Waals surface area contributed by atoms with Crippen molar-refractivity contribution in [3.63, 3.8) is 0 Å². The molecule has 134 valence electrons. The highest BCUT2D eigenvalue weighted by Crippen LogP contribution is 2.27. The zero-order chi connectivity index (χ0) is 17.4. The van der Waals surface area contributed by atoms with Crippen LogP contribution in [0.4, 0.5) is 0 Å². The lowest BCUT2D eigenvalue weighted by Crippen LogP contribution is -3.13. The number of quaternary nitrogens is 1. The van der Waals surface area contributed by atoms with Crippen molar-refractivity contribution in [1.82, 2.24) is 10.6 Å². The zero-order valence-corrected chi connectivity index (χ0v) is 15.8. The van der Waals surface area contributed by atoms with Gasteiger partial charge in [0.05, 0.1) is 33.9 Å². The van der Waals surface area contributed by atoms with Crippen molar-refractivity contribution < 1.29 is 14.4 Å². The SMILES string of the molecule is CC[NH+]1CCC(NC(=S)NCCc2ccc(OC)c(OC)c2)CC1. The summed E-state index contributed by atoms with van der Waals surface area (Å²) >= 11 is 5.42. The minimum absolute atomic E-state index is 0.515. The molecule has 0 aliphatic carbocycles. The van der Waals surface area contributed by atoms with Gasteiger partial charge in [-0.25, -0.2) is 0 Å². The summed E-state index contributed by atoms with van der Waals surface area (Å²) in [4.78, 5) is 1.69. The Bertz CT molecular complexity index is 531. The molecular formula is C18H30N3O2S+. The fraction of sp³-hybridized carbons (Fsp3) is 0.611. The number of hydrogen-bond donors (Lipinski definition) is 3. The van der Waals surface area contributed by atoms with Crippen LogP contribution in [0.2, 0.25) is 0 Å². The highest BCUT2D eigenvalue weighted by molar-refractivity contribution is 7.80. The van der Waals surface area contributed by atoms with E-state index < -0.39 is 0 Å². The van der Waals surface area contributed by atoms with E-state index in [1.807, 2.05) is 12.1 Å². The fourth-order valence-electron chi connectivity index (χ4n) is 3.12. The van der Waals surface area contributed by atoms with Crippen molar-refractivity contribution in [2.45, 2.75) is 32.2 Å². The lowest BCUT2D eigenvalue weighted by molar-refractivity contribution is -0.903. The number of hydrogen-bond acceptors (Lipinski definition) is 3. The van der Waals surface area contributed by atoms with Crippen LogP contribution in [0.5, 0.6) is 11.5 Å². The molecular weight excluding hydrogens is 322 g/mol. The molecule has 0 bridgehead atoms. The maximum Gasteiger partial charge on any atom is 0.166 e. The molecule has 0 amide bonds. The van der Waals surface area contributed by atoms with Gasteiger partial charge < -0.3 is 25.0 Å². The number of likely N-dealkylation sites (tertiary alicyclic amines) is 1. The van der Waals surface area contributed by atoms with Gasteiger partial charge in [-0.2, -0.15) is 0 Å². The van der Waals surface area contributed by atoms with E-state index in [4.69, 9.17) is 21.7 Å². The monoisotopic (exact) mass is 352 g/mol. The minimum atomic E-state index is 0.515. The summed E-state index contributed by atoms with van der Waals surface area (Å²) in [6.45, 7) is 6.76. The van der Waals surface area contributed by atoms with Gasteiger partial charge in [-0.1, -0.05) is 6.07 Å². The highest BCUT2D eigenvalue weighted by Gasteiger charge is 2.21. The first kappa shape index (κ1) is 18.8. The fourth-order valence-corrected chi connectivity index (χ4v) is 3.39. The molecule has 0 spiro atoms. The van der Waals surface area contributed by atoms with E-state index in [-0.39, 0.29) is 0 Å². The van der Waals surface area contributed by atoms with Gasteiger partial charge >= 0.3 is 0 Å². The van der Waals surface area contributed by atoms with E-state index in [2.05, 4.69) is 23.6 Å². The number of methoxy groups -OCH3 is 2. The lowest BCUT2D eigenvalue weighted by atomic mass is 10.1. The first-order valence-corrected chi connectivity index (χ1v) is 9.16. The minimum Gasteiger partial charge on any atom is -0.493 e. The molecule has 1 aromatic rings. The zero-order valence-electron chi connectivity index (χ0n) is 15.0. The van der Waals surface area contributed by atoms with Crippen molar-refractivity contribution in [3.8, 4) is 11.5 Å². The van der Waals surface area contributed by atoms with Crippen molar-refractivity contribution in [3.05, 3.63) is 23.8 Å². The van der Waals surface area contributed by atoms with Gasteiger partial charge in [0.2, 0.25) is 0 Å². The Morgan fingerprint density at radius 3 is 2.54 bits per heavy atom. The molecule has 1 aliphatic heterocycles. The van der Waals surface area contributed by atoms with Crippen LogP contribution in [-0.2, 0) is 6.42 Å². The predicted molar refractivity (Wildman–Crippen MR) is 101 cm³/mol. The Kier molecular flexibility index (Phi) is 7.59. The van der Waals surface area contributed by atoms with Gasteiger partial charge in [0, 0.05) is 25.4 Å². The number of nitrogens with one attached hydrogen (secondary N) is 3. The second kappa shape index (κ2) is 9.69. The maximum absolute atomic E-state index is 5.42. The van der Waals surface area contributed by atoms with Crippen molar-refractivity contribution in [2.75, 3.05) is 40.4 Å². The molecule has 1 aliphatic rings. The van der Waals surface area contributed by atoms with E-state index in [1.54, 1.807) is 19.1 Å². The molecule has 5 nitrogen and oxygen atoms in total. The predicted octanol–water partition coefficient (Wildman–Crippen LogP) is 0.778. The number of rotatable bonds is 7. The Hall–Kier alpha value is -1.53. The molecule has 1 saturated heterocycles. The Balaban J connectivity index is 1.71. The third-order valence-electron chi connectivity index (χ3n) is 4.68. The van der Waals surface area contributed by atoms with Crippen LogP contribution in [0.25, 0.3) is 0 Å². The molecule has 1 heterocycles. The summed E-state index contributed by atoms with van der Waals surface area (Å²) in [6.07, 6.45) is 3.28. The molecule has 0 radical (unpaired) electrons. The van der Waals surface area contributed by atoms with E-state index in [1.165, 1.54) is 38.0 Å². The first-order chi connectivity index (χ1) is 11.7. The van der Waals surface area contributed by atoms with Crippen LogP contribution in [0, 0.1) is 0 Å². The molecule has 1 aromatic carbocycles. The van der Waals surface area contributed by atoms with Crippen LogP contribution >= 0.6 is 12.2 Å². The van der Waals surface area contributed by atoms with Gasteiger partial charge in [-0.05, 0) is 43.3 Å². The third kappa shape index (κ3) is 5.53. The van der Waals surface area contributed by atoms with Crippen molar-refractivity contribution in [1.29, 1.82) is 0 Å². The summed E-state index contributed by atoms with van der Waals surface area (Å²) < 4.78 is 10.6. The van der Waals surface area contributed by atoms with E-state index in [9.17, 15) is 0 Å². The highest BCUT2D eigenvalue weighted by atomic mass is 32.1. The topological polar surface area (TPSA) is 47.0 Å². The van der Waals surface area contributed by atoms with Gasteiger partial charge in [0.15, 0.2) is 16.6 Å². The van der Waals surface area contributed by atoms with Crippen LogP contribution in [0.1, 0.15) is 25.3 Å². The number of thiocarbonyl (C=S) groups is 1. The smallest absolute Gasteiger partial charge is 0.166 e. The molecule has 2 rings (SSSR count). The van der Waals surface area contributed by atoms with Crippen LogP contribution in [-0.4, -0.2) is 51.6 Å². The van der Waals surface area contributed by atoms with Crippen LogP contribution < -0.4 is 25.0 Å². The summed E-state index contributed by atoms with van der Waals surface area (Å²) in [5, 5.41) is 7.53. The maximum atomic E-state index is 5.42. The second-order valence-electron chi connectivity index (χ2n) is 6.22. The second-order valence-corrected chi connectivity index (χ2v) is 6.63. The molecule has 0 atom stereocenters. The number of benzene rings is 1. The summed E-state index contributed by atoms with van der Waals surface area (Å²) in [5.74, 6) is 1.52. The lowest BCUT2D eigenvalue weighted by Gasteiger charge is -2.29. The van der Waals surface area contributed by atoms with E-state index >= 15 is 0 Å². The molecule has 1 fully saturated rings. The standard InChI is InChI=1S/C18H29N3O2S/c1-4-21-11-8-15(9-12-21)20-18(24)19-10-7-14-5-6-16(22-2)17(13-14)23-3/h5-6,13,15H,4,7-12H2,1-3H3,(H2,19,20,24)/p+1. The largest absolute Gasteiger partial charge is 0.493 e. The van der Waals surface area contributed by atoms with Crippen LogP contribution in [0.15, 0.2) is 18.2 Å². The third-order valence-corrected chi connectivity index (χ3v) is 4.94. The number of ether oxygens (including phenoxy) is 2. The van der Waals surface area contributed by atoms with Crippen molar-refractivity contribution >= 4 is 17.3 Å². The summed E-state index contributed by atoms with van der Waals surface area (Å²) in [7, 11) is 3.31. The summed E-state index contributed by atoms with van der Waals surface area (Å²) in [5.41, 5.74) is 1.20. The number of piperidine rings is 1. The van der Waals surface area contributed by atoms with Gasteiger partial charge in [-0.15, -0.1) is 0 Å². The molecule has 0 saturated carbocycles. The molecule has 0 aromatic heterocycles. The summed E-state index contributed by atoms with van der Waals surface area (Å²) in [6, 6.07) is 6.53. The Morgan fingerprint density at radius 1 is 1.21 bits per heavy atom. The average Bonchev–Trinajstić information content (AvgIpc) is 2.62. The molecule has 6 heteroatoms. The van der Waals surface area contributed by atoms with Gasteiger partial charge in [0.1, 0.15) is 0 Å². The average molecular weight is 353 g/mol. The Morgan fingerprint density at radius 2 is 1.92 bits per heavy atom. The van der Waals surface area contributed by atoms with Crippen molar-refractivity contribution in [2.24, 2.45) is 0 Å². The normalized spacial score (nSPS) is 20.3.